The largest absolute Gasteiger partial charge is 0.355 e. The number of amides is 1. The third-order valence-corrected chi connectivity index (χ3v) is 3.18. The Labute approximate surface area is 98.8 Å². The quantitative estimate of drug-likeness (QED) is 0.716. The zero-order chi connectivity index (χ0) is 12.0. The van der Waals surface area contributed by atoms with E-state index >= 15 is 0 Å². The molecule has 1 aliphatic heterocycles. The Morgan fingerprint density at radius 1 is 1.50 bits per heavy atom. The normalized spacial score (nSPS) is 25.8. The standard InChI is InChI=1S/C12H25N3O/c1-12(6-4-7-13-9-12)10-14-11(16)5-8-15(2)3/h13H,4-10H2,1-3H3,(H,14,16). The number of piperidine rings is 1. The molecule has 1 heterocycles. The van der Waals surface area contributed by atoms with Gasteiger partial charge in [-0.1, -0.05) is 6.92 Å². The summed E-state index contributed by atoms with van der Waals surface area (Å²) >= 11 is 0. The molecular formula is C12H25N3O. The molecule has 2 N–H and O–H groups in total. The number of carbonyl (C=O) groups is 1. The number of nitrogens with zero attached hydrogens (tertiary/aromatic N) is 1. The van der Waals surface area contributed by atoms with Crippen molar-refractivity contribution >= 4 is 5.91 Å². The van der Waals surface area contributed by atoms with Crippen molar-refractivity contribution in [3.8, 4) is 0 Å². The number of hydrogen-bond donors (Lipinski definition) is 2. The highest BCUT2D eigenvalue weighted by atomic mass is 16.1. The van der Waals surface area contributed by atoms with Gasteiger partial charge in [-0.2, -0.15) is 0 Å². The monoisotopic (exact) mass is 227 g/mol. The van der Waals surface area contributed by atoms with Crippen LogP contribution < -0.4 is 10.6 Å². The highest BCUT2D eigenvalue weighted by Gasteiger charge is 2.26. The van der Waals surface area contributed by atoms with Crippen molar-refractivity contribution in [3.05, 3.63) is 0 Å². The molecule has 1 fully saturated rings. The minimum Gasteiger partial charge on any atom is -0.355 e. The Balaban J connectivity index is 2.19. The highest BCUT2D eigenvalue weighted by Crippen LogP contribution is 2.23. The Hall–Kier alpha value is -0.610. The van der Waals surface area contributed by atoms with E-state index in [0.29, 0.717) is 6.42 Å². The first-order chi connectivity index (χ1) is 7.52. The van der Waals surface area contributed by atoms with E-state index in [9.17, 15) is 4.79 Å². The minimum atomic E-state index is 0.167. The van der Waals surface area contributed by atoms with Gasteiger partial charge in [-0.3, -0.25) is 4.79 Å². The van der Waals surface area contributed by atoms with E-state index in [2.05, 4.69) is 17.6 Å². The Morgan fingerprint density at radius 2 is 2.25 bits per heavy atom. The number of nitrogens with one attached hydrogen (secondary N) is 2. The van der Waals surface area contributed by atoms with E-state index in [1.54, 1.807) is 0 Å². The molecular weight excluding hydrogens is 202 g/mol. The zero-order valence-electron chi connectivity index (χ0n) is 10.8. The second-order valence-electron chi connectivity index (χ2n) is 5.42. The van der Waals surface area contributed by atoms with Gasteiger partial charge in [0.1, 0.15) is 0 Å². The van der Waals surface area contributed by atoms with Crippen LogP contribution in [-0.2, 0) is 4.79 Å². The van der Waals surface area contributed by atoms with Gasteiger partial charge >= 0.3 is 0 Å². The Bertz CT molecular complexity index is 222. The summed E-state index contributed by atoms with van der Waals surface area (Å²) in [5.41, 5.74) is 0.242. The molecule has 0 aromatic rings. The number of carbonyl (C=O) groups excluding carboxylic acids is 1. The lowest BCUT2D eigenvalue weighted by molar-refractivity contribution is -0.121. The average Bonchev–Trinajstić information content (AvgIpc) is 2.25. The van der Waals surface area contributed by atoms with Crippen molar-refractivity contribution in [3.63, 3.8) is 0 Å². The molecule has 4 nitrogen and oxygen atoms in total. The molecule has 0 saturated carbocycles. The van der Waals surface area contributed by atoms with Crippen LogP contribution >= 0.6 is 0 Å². The molecule has 1 aliphatic rings. The molecule has 94 valence electrons. The molecule has 1 saturated heterocycles. The first-order valence-electron chi connectivity index (χ1n) is 6.14. The van der Waals surface area contributed by atoms with Gasteiger partial charge in [0, 0.05) is 26.1 Å². The van der Waals surface area contributed by atoms with Crippen LogP contribution in [0.15, 0.2) is 0 Å². The maximum Gasteiger partial charge on any atom is 0.221 e. The third-order valence-electron chi connectivity index (χ3n) is 3.18. The lowest BCUT2D eigenvalue weighted by atomic mass is 9.83. The van der Waals surface area contributed by atoms with Gasteiger partial charge in [0.15, 0.2) is 0 Å². The van der Waals surface area contributed by atoms with Crippen molar-refractivity contribution in [1.82, 2.24) is 15.5 Å². The molecule has 0 aromatic heterocycles. The molecule has 1 amide bonds. The number of rotatable bonds is 5. The molecule has 1 atom stereocenters. The lowest BCUT2D eigenvalue weighted by Gasteiger charge is -2.34. The minimum absolute atomic E-state index is 0.167. The van der Waals surface area contributed by atoms with Crippen LogP contribution in [0.3, 0.4) is 0 Å². The summed E-state index contributed by atoms with van der Waals surface area (Å²) < 4.78 is 0. The molecule has 0 radical (unpaired) electrons. The van der Waals surface area contributed by atoms with Crippen LogP contribution in [0.25, 0.3) is 0 Å². The van der Waals surface area contributed by atoms with Crippen molar-refractivity contribution in [2.75, 3.05) is 40.3 Å². The molecule has 1 rings (SSSR count). The fourth-order valence-electron chi connectivity index (χ4n) is 2.00. The summed E-state index contributed by atoms with van der Waals surface area (Å²) in [4.78, 5) is 13.6. The molecule has 0 aliphatic carbocycles. The fraction of sp³-hybridized carbons (Fsp3) is 0.917. The van der Waals surface area contributed by atoms with Crippen LogP contribution in [0, 0.1) is 5.41 Å². The molecule has 16 heavy (non-hydrogen) atoms. The summed E-state index contributed by atoms with van der Waals surface area (Å²) in [6.45, 7) is 5.99. The molecule has 0 spiro atoms. The van der Waals surface area contributed by atoms with Gasteiger partial charge < -0.3 is 15.5 Å². The van der Waals surface area contributed by atoms with Crippen LogP contribution in [-0.4, -0.2) is 51.1 Å². The van der Waals surface area contributed by atoms with Crippen molar-refractivity contribution in [1.29, 1.82) is 0 Å². The lowest BCUT2D eigenvalue weighted by Crippen LogP contribution is -2.45. The Morgan fingerprint density at radius 3 is 2.81 bits per heavy atom. The molecule has 1 unspecified atom stereocenters. The second kappa shape index (κ2) is 6.21. The predicted octanol–water partition coefficient (Wildman–Crippen LogP) is 0.444. The Kier molecular flexibility index (Phi) is 5.22. The van der Waals surface area contributed by atoms with Crippen LogP contribution in [0.2, 0.25) is 0 Å². The van der Waals surface area contributed by atoms with Gasteiger partial charge in [-0.25, -0.2) is 0 Å². The van der Waals surface area contributed by atoms with E-state index in [0.717, 1.165) is 26.2 Å². The van der Waals surface area contributed by atoms with E-state index in [1.165, 1.54) is 12.8 Å². The van der Waals surface area contributed by atoms with E-state index in [1.807, 2.05) is 19.0 Å². The second-order valence-corrected chi connectivity index (χ2v) is 5.42. The maximum atomic E-state index is 11.6. The average molecular weight is 227 g/mol. The van der Waals surface area contributed by atoms with E-state index in [4.69, 9.17) is 0 Å². The zero-order valence-corrected chi connectivity index (χ0v) is 10.8. The SMILES string of the molecule is CN(C)CCC(=O)NCC1(C)CCCNC1. The third kappa shape index (κ3) is 4.94. The van der Waals surface area contributed by atoms with Gasteiger partial charge in [-0.05, 0) is 38.9 Å². The molecule has 4 heteroatoms. The van der Waals surface area contributed by atoms with Gasteiger partial charge in [0.05, 0.1) is 0 Å². The summed E-state index contributed by atoms with van der Waals surface area (Å²) in [5.74, 6) is 0.167. The topological polar surface area (TPSA) is 44.4 Å². The highest BCUT2D eigenvalue weighted by molar-refractivity contribution is 5.76. The van der Waals surface area contributed by atoms with Crippen LogP contribution in [0.5, 0.6) is 0 Å². The van der Waals surface area contributed by atoms with Gasteiger partial charge in [0.2, 0.25) is 5.91 Å². The summed E-state index contributed by atoms with van der Waals surface area (Å²) in [6.07, 6.45) is 3.01. The predicted molar refractivity (Wildman–Crippen MR) is 66.4 cm³/mol. The summed E-state index contributed by atoms with van der Waals surface area (Å²) in [7, 11) is 3.97. The van der Waals surface area contributed by atoms with Gasteiger partial charge in [-0.15, -0.1) is 0 Å². The fourth-order valence-corrected chi connectivity index (χ4v) is 2.00. The van der Waals surface area contributed by atoms with Crippen molar-refractivity contribution in [2.24, 2.45) is 5.41 Å². The first-order valence-corrected chi connectivity index (χ1v) is 6.14. The molecule has 0 bridgehead atoms. The summed E-state index contributed by atoms with van der Waals surface area (Å²) in [6, 6.07) is 0. The molecule has 0 aromatic carbocycles. The van der Waals surface area contributed by atoms with Gasteiger partial charge in [0.25, 0.3) is 0 Å². The van der Waals surface area contributed by atoms with Crippen molar-refractivity contribution < 1.29 is 4.79 Å². The maximum absolute atomic E-state index is 11.6. The van der Waals surface area contributed by atoms with Crippen molar-refractivity contribution in [2.45, 2.75) is 26.2 Å². The number of hydrogen-bond acceptors (Lipinski definition) is 3. The summed E-state index contributed by atoms with van der Waals surface area (Å²) in [5, 5.41) is 6.43. The van der Waals surface area contributed by atoms with E-state index < -0.39 is 0 Å². The van der Waals surface area contributed by atoms with E-state index in [-0.39, 0.29) is 11.3 Å². The smallest absolute Gasteiger partial charge is 0.221 e. The first kappa shape index (κ1) is 13.5. The van der Waals surface area contributed by atoms with Crippen LogP contribution in [0.4, 0.5) is 0 Å². The van der Waals surface area contributed by atoms with Crippen LogP contribution in [0.1, 0.15) is 26.2 Å².